The number of hydrogen-bond donors (Lipinski definition) is 0. The van der Waals surface area contributed by atoms with Crippen LogP contribution in [-0.2, 0) is 6.42 Å². The molecule has 3 rings (SSSR count). The summed E-state index contributed by atoms with van der Waals surface area (Å²) in [6, 6.07) is 8.27. The first-order valence-corrected chi connectivity index (χ1v) is 12.5. The van der Waals surface area contributed by atoms with Crippen molar-refractivity contribution < 1.29 is 4.74 Å². The molecule has 0 spiro atoms. The Morgan fingerprint density at radius 2 is 1.67 bits per heavy atom. The molecule has 0 N–H and O–H groups in total. The van der Waals surface area contributed by atoms with Gasteiger partial charge in [-0.15, -0.1) is 11.3 Å². The molecule has 0 amide bonds. The first kappa shape index (κ1) is 22.6. The number of nitrogens with zero attached hydrogens (tertiary/aromatic N) is 2. The van der Waals surface area contributed by atoms with Crippen LogP contribution in [0.1, 0.15) is 76.5 Å². The highest BCUT2D eigenvalue weighted by Crippen LogP contribution is 2.26. The molecule has 0 atom stereocenters. The average Bonchev–Trinajstić information content (AvgIpc) is 3.32. The zero-order valence-electron chi connectivity index (χ0n) is 18.6. The van der Waals surface area contributed by atoms with Crippen molar-refractivity contribution in [3.05, 3.63) is 53.7 Å². The fourth-order valence-electron chi connectivity index (χ4n) is 3.57. The third-order valence-corrected chi connectivity index (χ3v) is 6.42. The van der Waals surface area contributed by atoms with Gasteiger partial charge in [-0.3, -0.25) is 4.40 Å². The Balaban J connectivity index is 1.48. The fraction of sp³-hybridized carbons (Fsp3) is 0.500. The molecule has 0 aliphatic carbocycles. The molecule has 3 nitrogen and oxygen atoms in total. The Morgan fingerprint density at radius 1 is 0.900 bits per heavy atom. The highest BCUT2D eigenvalue weighted by atomic mass is 32.1. The first-order valence-electron chi connectivity index (χ1n) is 11.7. The smallest absolute Gasteiger partial charge is 0.194 e. The molecule has 0 aliphatic heterocycles. The Morgan fingerprint density at radius 3 is 2.43 bits per heavy atom. The number of hydrogen-bond acceptors (Lipinski definition) is 3. The van der Waals surface area contributed by atoms with Gasteiger partial charge in [-0.2, -0.15) is 0 Å². The third kappa shape index (κ3) is 7.02. The maximum absolute atomic E-state index is 5.81. The second kappa shape index (κ2) is 12.6. The molecule has 1 aromatic carbocycles. The van der Waals surface area contributed by atoms with Gasteiger partial charge in [0.25, 0.3) is 0 Å². The molecule has 0 bridgehead atoms. The lowest BCUT2D eigenvalue weighted by Gasteiger charge is -2.04. The summed E-state index contributed by atoms with van der Waals surface area (Å²) in [7, 11) is 0. The number of thiazole rings is 1. The number of unbranched alkanes of at least 4 members (excludes halogenated alkanes) is 7. The standard InChI is InChI=1S/C26H36N2OS/c1-3-5-7-9-11-13-19-29-23-17-15-22(16-18-23)25-21-28-20-24(30-26(28)27-25)14-12-10-8-6-4-2/h11,13,15-18,20-21H,3-10,12,14,19H2,1-2H3/b13-11+. The van der Waals surface area contributed by atoms with Crippen LogP contribution in [0.25, 0.3) is 16.2 Å². The van der Waals surface area contributed by atoms with Crippen LogP contribution >= 0.6 is 11.3 Å². The molecule has 30 heavy (non-hydrogen) atoms. The first-order chi connectivity index (χ1) is 14.8. The topological polar surface area (TPSA) is 26.5 Å². The van der Waals surface area contributed by atoms with E-state index in [1.54, 1.807) is 0 Å². The van der Waals surface area contributed by atoms with Crippen molar-refractivity contribution >= 4 is 16.3 Å². The van der Waals surface area contributed by atoms with Crippen molar-refractivity contribution in [2.24, 2.45) is 0 Å². The summed E-state index contributed by atoms with van der Waals surface area (Å²) in [5.41, 5.74) is 2.16. The molecular weight excluding hydrogens is 388 g/mol. The van der Waals surface area contributed by atoms with Crippen LogP contribution in [0.4, 0.5) is 0 Å². The van der Waals surface area contributed by atoms with Gasteiger partial charge >= 0.3 is 0 Å². The van der Waals surface area contributed by atoms with Crippen molar-refractivity contribution in [2.45, 2.75) is 78.1 Å². The van der Waals surface area contributed by atoms with E-state index in [4.69, 9.17) is 9.72 Å². The number of aromatic nitrogens is 2. The van der Waals surface area contributed by atoms with Crippen LogP contribution in [0.2, 0.25) is 0 Å². The maximum atomic E-state index is 5.81. The Bertz CT molecular complexity index is 860. The van der Waals surface area contributed by atoms with E-state index in [9.17, 15) is 0 Å². The van der Waals surface area contributed by atoms with E-state index in [-0.39, 0.29) is 0 Å². The molecule has 0 radical (unpaired) electrons. The van der Waals surface area contributed by atoms with Gasteiger partial charge in [0.15, 0.2) is 4.96 Å². The van der Waals surface area contributed by atoms with Gasteiger partial charge in [0, 0.05) is 22.8 Å². The molecule has 0 saturated heterocycles. The van der Waals surface area contributed by atoms with E-state index >= 15 is 0 Å². The monoisotopic (exact) mass is 424 g/mol. The lowest BCUT2D eigenvalue weighted by molar-refractivity contribution is 0.362. The van der Waals surface area contributed by atoms with Gasteiger partial charge in [0.05, 0.1) is 5.69 Å². The predicted octanol–water partition coefficient (Wildman–Crippen LogP) is 8.09. The fourth-order valence-corrected chi connectivity index (χ4v) is 4.57. The van der Waals surface area contributed by atoms with Crippen LogP contribution in [0.5, 0.6) is 5.75 Å². The number of aryl methyl sites for hydroxylation is 1. The molecule has 0 unspecified atom stereocenters. The second-order valence-corrected chi connectivity index (χ2v) is 9.07. The lowest BCUT2D eigenvalue weighted by Crippen LogP contribution is -1.93. The SMILES string of the molecule is CCCCC/C=C/COc1ccc(-c2cn3cc(CCCCCCC)sc3n2)cc1. The molecule has 2 heterocycles. The van der Waals surface area contributed by atoms with Gasteiger partial charge in [-0.1, -0.05) is 64.5 Å². The number of rotatable bonds is 14. The van der Waals surface area contributed by atoms with Crippen molar-refractivity contribution in [3.63, 3.8) is 0 Å². The highest BCUT2D eigenvalue weighted by molar-refractivity contribution is 7.17. The number of imidazole rings is 1. The number of ether oxygens (including phenoxy) is 1. The predicted molar refractivity (Wildman–Crippen MR) is 130 cm³/mol. The van der Waals surface area contributed by atoms with Crippen LogP contribution in [0.3, 0.4) is 0 Å². The lowest BCUT2D eigenvalue weighted by atomic mass is 10.1. The Kier molecular flexibility index (Phi) is 9.49. The van der Waals surface area contributed by atoms with Crippen molar-refractivity contribution in [1.82, 2.24) is 9.38 Å². The molecule has 0 saturated carbocycles. The second-order valence-electron chi connectivity index (χ2n) is 7.98. The quantitative estimate of drug-likeness (QED) is 0.193. The molecule has 2 aromatic heterocycles. The van der Waals surface area contributed by atoms with Gasteiger partial charge in [-0.25, -0.2) is 4.98 Å². The molecule has 162 valence electrons. The molecule has 0 fully saturated rings. The van der Waals surface area contributed by atoms with Crippen LogP contribution in [0.15, 0.2) is 48.8 Å². The van der Waals surface area contributed by atoms with Gasteiger partial charge in [0.1, 0.15) is 12.4 Å². The van der Waals surface area contributed by atoms with Crippen molar-refractivity contribution in [2.75, 3.05) is 6.61 Å². The minimum absolute atomic E-state index is 0.632. The van der Waals surface area contributed by atoms with Crippen molar-refractivity contribution in [3.8, 4) is 17.0 Å². The number of allylic oxidation sites excluding steroid dienone is 1. The number of benzene rings is 1. The van der Waals surface area contributed by atoms with E-state index in [1.807, 2.05) is 23.5 Å². The van der Waals surface area contributed by atoms with Crippen LogP contribution < -0.4 is 4.74 Å². The zero-order valence-corrected chi connectivity index (χ0v) is 19.4. The Hall–Kier alpha value is -2.07. The minimum Gasteiger partial charge on any atom is -0.490 e. The third-order valence-electron chi connectivity index (χ3n) is 5.37. The maximum Gasteiger partial charge on any atom is 0.194 e. The summed E-state index contributed by atoms with van der Waals surface area (Å²) >= 11 is 1.82. The summed E-state index contributed by atoms with van der Waals surface area (Å²) in [6.07, 6.45) is 21.5. The largest absolute Gasteiger partial charge is 0.490 e. The van der Waals surface area contributed by atoms with Crippen LogP contribution in [-0.4, -0.2) is 16.0 Å². The molecular formula is C26H36N2OS. The van der Waals surface area contributed by atoms with E-state index in [1.165, 1.54) is 62.7 Å². The van der Waals surface area contributed by atoms with E-state index < -0.39 is 0 Å². The zero-order chi connectivity index (χ0) is 21.0. The van der Waals surface area contributed by atoms with Gasteiger partial charge in [-0.05, 0) is 49.9 Å². The summed E-state index contributed by atoms with van der Waals surface area (Å²) in [4.78, 5) is 7.35. The summed E-state index contributed by atoms with van der Waals surface area (Å²) in [5.74, 6) is 0.906. The summed E-state index contributed by atoms with van der Waals surface area (Å²) < 4.78 is 7.99. The van der Waals surface area contributed by atoms with E-state index in [0.717, 1.165) is 28.4 Å². The molecule has 3 aromatic rings. The number of fused-ring (bicyclic) bond motifs is 1. The summed E-state index contributed by atoms with van der Waals surface area (Å²) in [5, 5.41) is 0. The normalized spacial score (nSPS) is 11.7. The van der Waals surface area contributed by atoms with Crippen LogP contribution in [0, 0.1) is 0 Å². The van der Waals surface area contributed by atoms with E-state index in [0.29, 0.717) is 6.61 Å². The molecule has 0 aliphatic rings. The van der Waals surface area contributed by atoms with Crippen molar-refractivity contribution in [1.29, 1.82) is 0 Å². The average molecular weight is 425 g/mol. The minimum atomic E-state index is 0.632. The highest BCUT2D eigenvalue weighted by Gasteiger charge is 2.08. The van der Waals surface area contributed by atoms with E-state index in [2.05, 4.69) is 54.9 Å². The molecule has 4 heteroatoms. The van der Waals surface area contributed by atoms with Gasteiger partial charge < -0.3 is 4.74 Å². The van der Waals surface area contributed by atoms with Gasteiger partial charge in [0.2, 0.25) is 0 Å². The Labute approximate surface area is 185 Å². The summed E-state index contributed by atoms with van der Waals surface area (Å²) in [6.45, 7) is 5.13.